The number of thiophene rings is 1. The second-order valence-electron chi connectivity index (χ2n) is 3.15. The van der Waals surface area contributed by atoms with Crippen molar-refractivity contribution in [3.63, 3.8) is 0 Å². The standard InChI is InChI=1S/C11H14BrNS/c1-3-5-10(4-2)13-7-9-6-11(12)14-8-9/h2,6,8,10,13H,3,5,7H2,1H3. The highest BCUT2D eigenvalue weighted by Gasteiger charge is 2.03. The molecule has 0 saturated carbocycles. The molecule has 1 nitrogen and oxygen atoms in total. The quantitative estimate of drug-likeness (QED) is 0.810. The number of hydrogen-bond donors (Lipinski definition) is 1. The lowest BCUT2D eigenvalue weighted by molar-refractivity contribution is 0.563. The summed E-state index contributed by atoms with van der Waals surface area (Å²) >= 11 is 5.14. The molecule has 1 rings (SSSR count). The summed E-state index contributed by atoms with van der Waals surface area (Å²) < 4.78 is 1.17. The molecule has 3 heteroatoms. The fourth-order valence-corrected chi connectivity index (χ4v) is 2.42. The molecule has 1 atom stereocenters. The molecule has 0 aliphatic heterocycles. The molecule has 0 saturated heterocycles. The molecular weight excluding hydrogens is 258 g/mol. The molecule has 0 aliphatic rings. The van der Waals surface area contributed by atoms with Crippen LogP contribution in [0, 0.1) is 12.3 Å². The van der Waals surface area contributed by atoms with Gasteiger partial charge < -0.3 is 0 Å². The lowest BCUT2D eigenvalue weighted by atomic mass is 10.2. The Bertz CT molecular complexity index is 313. The summed E-state index contributed by atoms with van der Waals surface area (Å²) in [6.45, 7) is 3.00. The van der Waals surface area contributed by atoms with Gasteiger partial charge in [-0.1, -0.05) is 19.3 Å². The minimum atomic E-state index is 0.207. The van der Waals surface area contributed by atoms with Crippen LogP contribution in [0.15, 0.2) is 15.2 Å². The molecule has 1 N–H and O–H groups in total. The fourth-order valence-electron chi connectivity index (χ4n) is 1.21. The zero-order valence-electron chi connectivity index (χ0n) is 8.22. The molecular formula is C11H14BrNS. The molecule has 0 radical (unpaired) electrons. The molecule has 0 fully saturated rings. The van der Waals surface area contributed by atoms with Crippen LogP contribution in [0.25, 0.3) is 0 Å². The van der Waals surface area contributed by atoms with E-state index < -0.39 is 0 Å². The van der Waals surface area contributed by atoms with Gasteiger partial charge in [0, 0.05) is 6.54 Å². The van der Waals surface area contributed by atoms with Crippen molar-refractivity contribution in [1.82, 2.24) is 5.32 Å². The van der Waals surface area contributed by atoms with Gasteiger partial charge in [0.15, 0.2) is 0 Å². The minimum absolute atomic E-state index is 0.207. The zero-order valence-corrected chi connectivity index (χ0v) is 10.6. The molecule has 76 valence electrons. The van der Waals surface area contributed by atoms with E-state index in [9.17, 15) is 0 Å². The molecule has 1 aromatic rings. The van der Waals surface area contributed by atoms with Crippen LogP contribution in [0.5, 0.6) is 0 Å². The molecule has 14 heavy (non-hydrogen) atoms. The van der Waals surface area contributed by atoms with Crippen LogP contribution >= 0.6 is 27.3 Å². The summed E-state index contributed by atoms with van der Waals surface area (Å²) in [7, 11) is 0. The number of halogens is 1. The van der Waals surface area contributed by atoms with Crippen molar-refractivity contribution < 1.29 is 0 Å². The first-order valence-electron chi connectivity index (χ1n) is 4.68. The fraction of sp³-hybridized carbons (Fsp3) is 0.455. The highest BCUT2D eigenvalue weighted by molar-refractivity contribution is 9.11. The maximum Gasteiger partial charge on any atom is 0.0701 e. The van der Waals surface area contributed by atoms with Crippen molar-refractivity contribution >= 4 is 27.3 Å². The average Bonchev–Trinajstić information content (AvgIpc) is 2.59. The van der Waals surface area contributed by atoms with Crippen molar-refractivity contribution in [3.05, 3.63) is 20.8 Å². The van der Waals surface area contributed by atoms with Gasteiger partial charge in [0.1, 0.15) is 0 Å². The van der Waals surface area contributed by atoms with Gasteiger partial charge in [-0.15, -0.1) is 17.8 Å². The third-order valence-electron chi connectivity index (χ3n) is 1.95. The number of rotatable bonds is 5. The number of nitrogens with one attached hydrogen (secondary N) is 1. The van der Waals surface area contributed by atoms with Gasteiger partial charge in [-0.3, -0.25) is 5.32 Å². The van der Waals surface area contributed by atoms with Crippen LogP contribution in [0.3, 0.4) is 0 Å². The smallest absolute Gasteiger partial charge is 0.0701 e. The van der Waals surface area contributed by atoms with Crippen molar-refractivity contribution in [2.45, 2.75) is 32.4 Å². The van der Waals surface area contributed by atoms with Gasteiger partial charge in [-0.25, -0.2) is 0 Å². The predicted molar refractivity (Wildman–Crippen MR) is 66.4 cm³/mol. The first kappa shape index (κ1) is 11.8. The lowest BCUT2D eigenvalue weighted by Crippen LogP contribution is -2.26. The first-order chi connectivity index (χ1) is 6.76. The summed E-state index contributed by atoms with van der Waals surface area (Å²) in [5.74, 6) is 2.76. The average molecular weight is 272 g/mol. The van der Waals surface area contributed by atoms with E-state index in [1.165, 1.54) is 9.35 Å². The zero-order chi connectivity index (χ0) is 10.4. The van der Waals surface area contributed by atoms with Gasteiger partial charge in [-0.2, -0.15) is 0 Å². The van der Waals surface area contributed by atoms with Crippen LogP contribution in [0.4, 0.5) is 0 Å². The summed E-state index contributed by atoms with van der Waals surface area (Å²) in [4.78, 5) is 0. The van der Waals surface area contributed by atoms with E-state index in [2.05, 4.69) is 45.5 Å². The Balaban J connectivity index is 2.36. The normalized spacial score (nSPS) is 12.4. The molecule has 0 aliphatic carbocycles. The Labute approximate surface area is 98.0 Å². The summed E-state index contributed by atoms with van der Waals surface area (Å²) in [6, 6.07) is 2.33. The van der Waals surface area contributed by atoms with Gasteiger partial charge in [0.05, 0.1) is 9.83 Å². The molecule has 1 heterocycles. The Morgan fingerprint density at radius 2 is 2.50 bits per heavy atom. The Morgan fingerprint density at radius 3 is 3.00 bits per heavy atom. The third-order valence-corrected chi connectivity index (χ3v) is 3.51. The summed E-state index contributed by atoms with van der Waals surface area (Å²) in [5, 5.41) is 5.49. The van der Waals surface area contributed by atoms with E-state index in [0.717, 1.165) is 19.4 Å². The molecule has 0 aromatic carbocycles. The van der Waals surface area contributed by atoms with E-state index in [1.54, 1.807) is 11.3 Å². The summed E-state index contributed by atoms with van der Waals surface area (Å²) in [6.07, 6.45) is 7.57. The second-order valence-corrected chi connectivity index (χ2v) is 5.44. The van der Waals surface area contributed by atoms with Gasteiger partial charge in [-0.05, 0) is 39.4 Å². The van der Waals surface area contributed by atoms with E-state index in [1.807, 2.05) is 0 Å². The van der Waals surface area contributed by atoms with Crippen LogP contribution in [0.2, 0.25) is 0 Å². The molecule has 0 amide bonds. The van der Waals surface area contributed by atoms with Crippen molar-refractivity contribution in [2.24, 2.45) is 0 Å². The van der Waals surface area contributed by atoms with Crippen molar-refractivity contribution in [2.75, 3.05) is 0 Å². The van der Waals surface area contributed by atoms with Gasteiger partial charge in [0.25, 0.3) is 0 Å². The van der Waals surface area contributed by atoms with E-state index in [0.29, 0.717) is 0 Å². The SMILES string of the molecule is C#CC(CCC)NCc1csc(Br)c1. The third kappa shape index (κ3) is 3.83. The highest BCUT2D eigenvalue weighted by atomic mass is 79.9. The summed E-state index contributed by atoms with van der Waals surface area (Å²) in [5.41, 5.74) is 1.29. The first-order valence-corrected chi connectivity index (χ1v) is 6.36. The van der Waals surface area contributed by atoms with E-state index in [4.69, 9.17) is 6.42 Å². The van der Waals surface area contributed by atoms with Gasteiger partial charge in [0.2, 0.25) is 0 Å². The van der Waals surface area contributed by atoms with Crippen molar-refractivity contribution in [1.29, 1.82) is 0 Å². The van der Waals surface area contributed by atoms with E-state index >= 15 is 0 Å². The van der Waals surface area contributed by atoms with Crippen LogP contribution in [0.1, 0.15) is 25.3 Å². The van der Waals surface area contributed by atoms with Crippen molar-refractivity contribution in [3.8, 4) is 12.3 Å². The second kappa shape index (κ2) is 6.23. The maximum absolute atomic E-state index is 5.41. The highest BCUT2D eigenvalue weighted by Crippen LogP contribution is 2.20. The lowest BCUT2D eigenvalue weighted by Gasteiger charge is -2.10. The van der Waals surface area contributed by atoms with Crippen LogP contribution < -0.4 is 5.32 Å². The molecule has 1 aromatic heterocycles. The molecule has 0 spiro atoms. The molecule has 0 bridgehead atoms. The number of hydrogen-bond acceptors (Lipinski definition) is 2. The monoisotopic (exact) mass is 271 g/mol. The van der Waals surface area contributed by atoms with Crippen LogP contribution in [-0.4, -0.2) is 6.04 Å². The molecule has 1 unspecified atom stereocenters. The Hall–Kier alpha value is -0.300. The van der Waals surface area contributed by atoms with E-state index in [-0.39, 0.29) is 6.04 Å². The topological polar surface area (TPSA) is 12.0 Å². The minimum Gasteiger partial charge on any atom is -0.300 e. The predicted octanol–water partition coefficient (Wildman–Crippen LogP) is 3.40. The van der Waals surface area contributed by atoms with Gasteiger partial charge >= 0.3 is 0 Å². The van der Waals surface area contributed by atoms with Crippen LogP contribution in [-0.2, 0) is 6.54 Å². The Morgan fingerprint density at radius 1 is 1.71 bits per heavy atom. The largest absolute Gasteiger partial charge is 0.300 e. The Kier molecular flexibility index (Phi) is 5.24. The maximum atomic E-state index is 5.41. The number of terminal acetylenes is 1.